The average Bonchev–Trinajstić information content (AvgIpc) is 3.46. The molecule has 1 aromatic heterocycles. The van der Waals surface area contributed by atoms with E-state index in [2.05, 4.69) is 44.8 Å². The summed E-state index contributed by atoms with van der Waals surface area (Å²) in [6.07, 6.45) is 3.89. The lowest BCUT2D eigenvalue weighted by Crippen LogP contribution is -2.18. The highest BCUT2D eigenvalue weighted by atomic mass is 35.5. The van der Waals surface area contributed by atoms with Gasteiger partial charge in [-0.05, 0) is 78.6 Å². The second-order valence-corrected chi connectivity index (χ2v) is 9.65. The number of benzene rings is 3. The zero-order valence-corrected chi connectivity index (χ0v) is 21.4. The van der Waals surface area contributed by atoms with Crippen LogP contribution in [-0.2, 0) is 0 Å². The van der Waals surface area contributed by atoms with Crippen molar-refractivity contribution in [2.24, 2.45) is 0 Å². The average molecular weight is 531 g/mol. The number of amides is 2. The molecule has 0 spiro atoms. The Bertz CT molecular complexity index is 1430. The van der Waals surface area contributed by atoms with Crippen LogP contribution in [0.3, 0.4) is 0 Å². The predicted octanol–water partition coefficient (Wildman–Crippen LogP) is 7.16. The van der Waals surface area contributed by atoms with Gasteiger partial charge in [0, 0.05) is 35.6 Å². The minimum absolute atomic E-state index is 0.216. The van der Waals surface area contributed by atoms with Crippen molar-refractivity contribution in [3.63, 3.8) is 0 Å². The molecule has 5 rings (SSSR count). The molecular weight excluding hydrogens is 507 g/mol. The van der Waals surface area contributed by atoms with Crippen molar-refractivity contribution in [1.29, 1.82) is 0 Å². The van der Waals surface area contributed by atoms with Crippen molar-refractivity contribution < 1.29 is 9.59 Å². The summed E-state index contributed by atoms with van der Waals surface area (Å²) in [5, 5.41) is 6.35. The Balaban J connectivity index is 1.31. The van der Waals surface area contributed by atoms with Crippen LogP contribution < -0.4 is 15.5 Å². The molecule has 2 amide bonds. The number of pyridine rings is 1. The zero-order valence-electron chi connectivity index (χ0n) is 19.9. The van der Waals surface area contributed by atoms with Gasteiger partial charge in [0.05, 0.1) is 16.3 Å². The Morgan fingerprint density at radius 1 is 0.757 bits per heavy atom. The molecule has 37 heavy (non-hydrogen) atoms. The Labute approximate surface area is 225 Å². The normalized spacial score (nSPS) is 12.9. The van der Waals surface area contributed by atoms with Gasteiger partial charge in [0.2, 0.25) is 0 Å². The fraction of sp³-hybridized carbons (Fsp3) is 0.138. The molecular formula is C29H24Cl2N4O2. The number of hydrogen-bond acceptors (Lipinski definition) is 4. The molecule has 0 saturated carbocycles. The molecule has 186 valence electrons. The van der Waals surface area contributed by atoms with Crippen molar-refractivity contribution in [2.75, 3.05) is 28.6 Å². The smallest absolute Gasteiger partial charge is 0.258 e. The van der Waals surface area contributed by atoms with E-state index in [1.165, 1.54) is 30.8 Å². The van der Waals surface area contributed by atoms with Gasteiger partial charge in [0.1, 0.15) is 5.82 Å². The molecule has 1 saturated heterocycles. The lowest BCUT2D eigenvalue weighted by Gasteiger charge is -2.18. The molecule has 2 N–H and O–H groups in total. The number of nitrogens with one attached hydrogen (secondary N) is 2. The Hall–Kier alpha value is -3.87. The summed E-state index contributed by atoms with van der Waals surface area (Å²) in [5.41, 5.74) is 4.37. The number of aromatic nitrogens is 1. The van der Waals surface area contributed by atoms with Crippen molar-refractivity contribution in [3.05, 3.63) is 106 Å². The summed E-state index contributed by atoms with van der Waals surface area (Å²) in [4.78, 5) is 32.4. The van der Waals surface area contributed by atoms with Crippen LogP contribution >= 0.6 is 23.2 Å². The minimum Gasteiger partial charge on any atom is -0.372 e. The molecule has 0 radical (unpaired) electrons. The molecule has 0 atom stereocenters. The zero-order chi connectivity index (χ0) is 25.8. The highest BCUT2D eigenvalue weighted by Gasteiger charge is 2.17. The summed E-state index contributed by atoms with van der Waals surface area (Å²) >= 11 is 12.0. The second-order valence-electron chi connectivity index (χ2n) is 8.78. The van der Waals surface area contributed by atoms with Gasteiger partial charge in [-0.15, -0.1) is 0 Å². The van der Waals surface area contributed by atoms with Crippen molar-refractivity contribution in [3.8, 4) is 11.1 Å². The Kier molecular flexibility index (Phi) is 7.40. The van der Waals surface area contributed by atoms with Gasteiger partial charge in [-0.3, -0.25) is 9.59 Å². The maximum absolute atomic E-state index is 13.0. The fourth-order valence-electron chi connectivity index (χ4n) is 4.31. The van der Waals surface area contributed by atoms with Gasteiger partial charge in [0.15, 0.2) is 0 Å². The Morgan fingerprint density at radius 2 is 1.51 bits per heavy atom. The quantitative estimate of drug-likeness (QED) is 0.277. The molecule has 1 fully saturated rings. The summed E-state index contributed by atoms with van der Waals surface area (Å²) < 4.78 is 0. The molecule has 4 aromatic rings. The van der Waals surface area contributed by atoms with E-state index in [0.717, 1.165) is 24.2 Å². The highest BCUT2D eigenvalue weighted by molar-refractivity contribution is 6.31. The first-order valence-corrected chi connectivity index (χ1v) is 12.7. The third-order valence-corrected chi connectivity index (χ3v) is 6.70. The Morgan fingerprint density at radius 3 is 2.24 bits per heavy atom. The molecule has 6 nitrogen and oxygen atoms in total. The standard InChI is InChI=1S/C29H24Cl2N4O2/c30-22-10-12-26(25(17-22)29(37)34-27-13-11-23(31)18-32-27)33-28(36)20-8-6-19(7-9-20)21-4-3-5-24(16-21)35-14-1-2-15-35/h3-13,16-18H,1-2,14-15H2,(H,33,36)(H,32,34,37). The van der Waals surface area contributed by atoms with E-state index in [9.17, 15) is 9.59 Å². The molecule has 3 aromatic carbocycles. The number of hydrogen-bond donors (Lipinski definition) is 2. The number of anilines is 3. The van der Waals surface area contributed by atoms with Gasteiger partial charge < -0.3 is 15.5 Å². The summed E-state index contributed by atoms with van der Waals surface area (Å²) in [6, 6.07) is 23.8. The van der Waals surface area contributed by atoms with E-state index in [-0.39, 0.29) is 11.5 Å². The lowest BCUT2D eigenvalue weighted by molar-refractivity contribution is 0.102. The summed E-state index contributed by atoms with van der Waals surface area (Å²) in [6.45, 7) is 2.17. The van der Waals surface area contributed by atoms with Crippen LogP contribution in [0.15, 0.2) is 85.1 Å². The maximum atomic E-state index is 13.0. The molecule has 0 bridgehead atoms. The van der Waals surface area contributed by atoms with E-state index in [1.807, 2.05) is 12.1 Å². The summed E-state index contributed by atoms with van der Waals surface area (Å²) in [7, 11) is 0. The SMILES string of the molecule is O=C(Nc1ccc(Cl)cc1C(=O)Nc1ccc(Cl)cn1)c1ccc(-c2cccc(N3CCCC3)c2)cc1. The van der Waals surface area contributed by atoms with E-state index in [0.29, 0.717) is 27.1 Å². The third kappa shape index (κ3) is 5.93. The van der Waals surface area contributed by atoms with Gasteiger partial charge in [-0.25, -0.2) is 4.98 Å². The monoisotopic (exact) mass is 530 g/mol. The largest absolute Gasteiger partial charge is 0.372 e. The van der Waals surface area contributed by atoms with E-state index < -0.39 is 5.91 Å². The van der Waals surface area contributed by atoms with Crippen LogP contribution in [0.5, 0.6) is 0 Å². The number of rotatable bonds is 6. The van der Waals surface area contributed by atoms with Gasteiger partial charge in [-0.1, -0.05) is 47.5 Å². The second kappa shape index (κ2) is 11.0. The van der Waals surface area contributed by atoms with Gasteiger partial charge >= 0.3 is 0 Å². The first kappa shape index (κ1) is 24.8. The number of carbonyl (C=O) groups excluding carboxylic acids is 2. The van der Waals surface area contributed by atoms with E-state index >= 15 is 0 Å². The van der Waals surface area contributed by atoms with E-state index in [4.69, 9.17) is 23.2 Å². The van der Waals surface area contributed by atoms with Crippen LogP contribution in [0.2, 0.25) is 10.0 Å². The molecule has 1 aliphatic rings. The first-order chi connectivity index (χ1) is 18.0. The fourth-order valence-corrected chi connectivity index (χ4v) is 4.60. The topological polar surface area (TPSA) is 74.3 Å². The maximum Gasteiger partial charge on any atom is 0.258 e. The predicted molar refractivity (Wildman–Crippen MR) is 150 cm³/mol. The minimum atomic E-state index is -0.458. The van der Waals surface area contributed by atoms with Gasteiger partial charge in [0.25, 0.3) is 11.8 Å². The molecule has 8 heteroatoms. The van der Waals surface area contributed by atoms with Crippen LogP contribution in [0.25, 0.3) is 11.1 Å². The molecule has 0 unspecified atom stereocenters. The third-order valence-electron chi connectivity index (χ3n) is 6.24. The summed E-state index contributed by atoms with van der Waals surface area (Å²) in [5.74, 6) is -0.463. The van der Waals surface area contributed by atoms with E-state index in [1.54, 1.807) is 36.4 Å². The number of halogens is 2. The van der Waals surface area contributed by atoms with Crippen molar-refractivity contribution >= 4 is 52.2 Å². The van der Waals surface area contributed by atoms with Crippen LogP contribution in [-0.4, -0.2) is 29.9 Å². The van der Waals surface area contributed by atoms with Crippen molar-refractivity contribution in [2.45, 2.75) is 12.8 Å². The first-order valence-electron chi connectivity index (χ1n) is 12.0. The molecule has 0 aliphatic carbocycles. The van der Waals surface area contributed by atoms with Crippen LogP contribution in [0, 0.1) is 0 Å². The van der Waals surface area contributed by atoms with Crippen molar-refractivity contribution in [1.82, 2.24) is 4.98 Å². The van der Waals surface area contributed by atoms with Crippen LogP contribution in [0.4, 0.5) is 17.2 Å². The number of nitrogens with zero attached hydrogens (tertiary/aromatic N) is 2. The molecule has 1 aliphatic heterocycles. The lowest BCUT2D eigenvalue weighted by atomic mass is 10.0. The van der Waals surface area contributed by atoms with Gasteiger partial charge in [-0.2, -0.15) is 0 Å². The van der Waals surface area contributed by atoms with Crippen LogP contribution in [0.1, 0.15) is 33.6 Å². The molecule has 2 heterocycles. The number of carbonyl (C=O) groups is 2. The highest BCUT2D eigenvalue weighted by Crippen LogP contribution is 2.28.